The Hall–Kier alpha value is -1.26. The molecule has 0 aliphatic carbocycles. The van der Waals surface area contributed by atoms with Crippen LogP contribution in [0.3, 0.4) is 0 Å². The summed E-state index contributed by atoms with van der Waals surface area (Å²) in [5.41, 5.74) is 1.94. The number of nitrogens with zero attached hydrogens (tertiary/aromatic N) is 2. The minimum absolute atomic E-state index is 0.538. The van der Waals surface area contributed by atoms with E-state index in [0.717, 1.165) is 30.1 Å². The van der Waals surface area contributed by atoms with E-state index in [1.807, 2.05) is 12.1 Å². The normalized spacial score (nSPS) is 20.5. The number of hydrogen-bond donors (Lipinski definition) is 1. The average Bonchev–Trinajstić information content (AvgIpc) is 2.93. The summed E-state index contributed by atoms with van der Waals surface area (Å²) < 4.78 is 5.41. The fourth-order valence-electron chi connectivity index (χ4n) is 3.40. The van der Waals surface area contributed by atoms with Crippen LogP contribution in [0.25, 0.3) is 0 Å². The van der Waals surface area contributed by atoms with Crippen molar-refractivity contribution in [3.05, 3.63) is 23.8 Å². The van der Waals surface area contributed by atoms with Gasteiger partial charge in [-0.15, -0.1) is 0 Å². The topological polar surface area (TPSA) is 35.9 Å². The van der Waals surface area contributed by atoms with Crippen LogP contribution in [-0.2, 0) is 0 Å². The third-order valence-electron chi connectivity index (χ3n) is 4.48. The second-order valence-electron chi connectivity index (χ2n) is 5.87. The predicted molar refractivity (Wildman–Crippen MR) is 87.2 cm³/mol. The Morgan fingerprint density at radius 2 is 2.24 bits per heavy atom. The van der Waals surface area contributed by atoms with Crippen LogP contribution < -0.4 is 9.64 Å². The molecule has 1 heterocycles. The van der Waals surface area contributed by atoms with Crippen LogP contribution in [0.1, 0.15) is 38.4 Å². The van der Waals surface area contributed by atoms with Crippen LogP contribution in [0.15, 0.2) is 18.2 Å². The molecule has 0 bridgehead atoms. The zero-order valence-corrected chi connectivity index (χ0v) is 13.7. The molecule has 0 saturated carbocycles. The molecule has 1 aliphatic rings. The summed E-state index contributed by atoms with van der Waals surface area (Å²) in [6, 6.07) is 6.57. The molecule has 1 saturated heterocycles. The molecule has 1 N–H and O–H groups in total. The van der Waals surface area contributed by atoms with Gasteiger partial charge in [0.25, 0.3) is 0 Å². The Morgan fingerprint density at radius 1 is 1.48 bits per heavy atom. The van der Waals surface area contributed by atoms with Crippen molar-refractivity contribution in [3.63, 3.8) is 0 Å². The van der Waals surface area contributed by atoms with Gasteiger partial charge in [-0.1, -0.05) is 13.0 Å². The second-order valence-corrected chi connectivity index (χ2v) is 5.87. The summed E-state index contributed by atoms with van der Waals surface area (Å²) in [4.78, 5) is 4.79. The van der Waals surface area contributed by atoms with E-state index in [0.29, 0.717) is 6.04 Å². The highest BCUT2D eigenvalue weighted by Crippen LogP contribution is 2.34. The first-order valence-corrected chi connectivity index (χ1v) is 7.88. The SMILES string of the molecule is CCN1CCCC1CN(C)c1cccc(OC)c1C(C)O. The first-order valence-electron chi connectivity index (χ1n) is 7.88. The molecule has 0 radical (unpaired) electrons. The Balaban J connectivity index is 2.20. The maximum atomic E-state index is 10.1. The number of benzene rings is 1. The summed E-state index contributed by atoms with van der Waals surface area (Å²) in [7, 11) is 3.76. The number of rotatable bonds is 6. The van der Waals surface area contributed by atoms with Crippen LogP contribution in [0.4, 0.5) is 5.69 Å². The third-order valence-corrected chi connectivity index (χ3v) is 4.48. The summed E-state index contributed by atoms with van der Waals surface area (Å²) in [6.07, 6.45) is 2.00. The number of likely N-dealkylation sites (tertiary alicyclic amines) is 1. The number of aliphatic hydroxyl groups excluding tert-OH is 1. The van der Waals surface area contributed by atoms with Crippen LogP contribution in [0.2, 0.25) is 0 Å². The second kappa shape index (κ2) is 7.14. The maximum absolute atomic E-state index is 10.1. The van der Waals surface area contributed by atoms with Gasteiger partial charge in [0.1, 0.15) is 5.75 Å². The monoisotopic (exact) mass is 292 g/mol. The number of hydrogen-bond acceptors (Lipinski definition) is 4. The van der Waals surface area contributed by atoms with Crippen molar-refractivity contribution in [2.45, 2.75) is 38.8 Å². The Labute approximate surface area is 128 Å². The molecule has 0 aromatic heterocycles. The van der Waals surface area contributed by atoms with Gasteiger partial charge in [-0.05, 0) is 45.0 Å². The molecule has 1 aromatic carbocycles. The lowest BCUT2D eigenvalue weighted by Gasteiger charge is -2.31. The van der Waals surface area contributed by atoms with Crippen molar-refractivity contribution in [2.24, 2.45) is 0 Å². The first-order chi connectivity index (χ1) is 10.1. The van der Waals surface area contributed by atoms with Crippen LogP contribution in [-0.4, -0.2) is 49.8 Å². The summed E-state index contributed by atoms with van der Waals surface area (Å²) in [6.45, 7) is 7.32. The quantitative estimate of drug-likeness (QED) is 0.874. The zero-order chi connectivity index (χ0) is 15.4. The average molecular weight is 292 g/mol. The lowest BCUT2D eigenvalue weighted by Crippen LogP contribution is -2.39. The molecular weight excluding hydrogens is 264 g/mol. The number of aliphatic hydroxyl groups is 1. The number of ether oxygens (including phenoxy) is 1. The van der Waals surface area contributed by atoms with Crippen molar-refractivity contribution >= 4 is 5.69 Å². The van der Waals surface area contributed by atoms with Gasteiger partial charge in [-0.25, -0.2) is 0 Å². The van der Waals surface area contributed by atoms with Gasteiger partial charge in [0.2, 0.25) is 0 Å². The number of likely N-dealkylation sites (N-methyl/N-ethyl adjacent to an activating group) is 2. The van der Waals surface area contributed by atoms with Crippen molar-refractivity contribution in [1.29, 1.82) is 0 Å². The summed E-state index contributed by atoms with van der Waals surface area (Å²) in [5.74, 6) is 0.758. The van der Waals surface area contributed by atoms with Crippen molar-refractivity contribution in [3.8, 4) is 5.75 Å². The molecule has 2 unspecified atom stereocenters. The molecule has 4 heteroatoms. The smallest absolute Gasteiger partial charge is 0.126 e. The van der Waals surface area contributed by atoms with E-state index in [4.69, 9.17) is 4.74 Å². The fraction of sp³-hybridized carbons (Fsp3) is 0.647. The fourth-order valence-corrected chi connectivity index (χ4v) is 3.40. The molecule has 4 nitrogen and oxygen atoms in total. The van der Waals surface area contributed by atoms with Crippen LogP contribution >= 0.6 is 0 Å². The van der Waals surface area contributed by atoms with E-state index in [9.17, 15) is 5.11 Å². The van der Waals surface area contributed by atoms with Crippen molar-refractivity contribution < 1.29 is 9.84 Å². The zero-order valence-electron chi connectivity index (χ0n) is 13.7. The Morgan fingerprint density at radius 3 is 2.86 bits per heavy atom. The van der Waals surface area contributed by atoms with Gasteiger partial charge >= 0.3 is 0 Å². The summed E-state index contributed by atoms with van der Waals surface area (Å²) in [5, 5.41) is 10.1. The molecule has 1 aliphatic heterocycles. The Kier molecular flexibility index (Phi) is 5.48. The van der Waals surface area contributed by atoms with Crippen LogP contribution in [0.5, 0.6) is 5.75 Å². The highest BCUT2D eigenvalue weighted by Gasteiger charge is 2.25. The van der Waals surface area contributed by atoms with E-state index < -0.39 is 6.10 Å². The van der Waals surface area contributed by atoms with Gasteiger partial charge in [-0.2, -0.15) is 0 Å². The third kappa shape index (κ3) is 3.50. The first kappa shape index (κ1) is 16.1. The highest BCUT2D eigenvalue weighted by atomic mass is 16.5. The van der Waals surface area contributed by atoms with Crippen LogP contribution in [0, 0.1) is 0 Å². The van der Waals surface area contributed by atoms with Gasteiger partial charge in [0.15, 0.2) is 0 Å². The number of methoxy groups -OCH3 is 1. The molecule has 0 spiro atoms. The predicted octanol–water partition coefficient (Wildman–Crippen LogP) is 2.67. The van der Waals surface area contributed by atoms with Crippen molar-refractivity contribution in [1.82, 2.24) is 4.90 Å². The van der Waals surface area contributed by atoms with Gasteiger partial charge in [0.05, 0.1) is 13.2 Å². The molecular formula is C17H28N2O2. The van der Waals surface area contributed by atoms with E-state index >= 15 is 0 Å². The molecule has 1 aromatic rings. The molecule has 21 heavy (non-hydrogen) atoms. The van der Waals surface area contributed by atoms with E-state index in [1.54, 1.807) is 14.0 Å². The molecule has 0 amide bonds. The molecule has 1 fully saturated rings. The lowest BCUT2D eigenvalue weighted by atomic mass is 10.1. The van der Waals surface area contributed by atoms with E-state index in [-0.39, 0.29) is 0 Å². The summed E-state index contributed by atoms with van der Waals surface area (Å²) >= 11 is 0. The van der Waals surface area contributed by atoms with Gasteiger partial charge < -0.3 is 14.7 Å². The van der Waals surface area contributed by atoms with E-state index in [2.05, 4.69) is 29.8 Å². The van der Waals surface area contributed by atoms with E-state index in [1.165, 1.54) is 19.4 Å². The minimum atomic E-state index is -0.538. The molecule has 118 valence electrons. The Bertz CT molecular complexity index is 462. The highest BCUT2D eigenvalue weighted by molar-refractivity contribution is 5.60. The van der Waals surface area contributed by atoms with Gasteiger partial charge in [-0.3, -0.25) is 4.90 Å². The van der Waals surface area contributed by atoms with Crippen molar-refractivity contribution in [2.75, 3.05) is 38.7 Å². The largest absolute Gasteiger partial charge is 0.496 e. The standard InChI is InChI=1S/C17H28N2O2/c1-5-19-11-7-8-14(19)12-18(3)15-9-6-10-16(21-4)17(15)13(2)20/h6,9-10,13-14,20H,5,7-8,11-12H2,1-4H3. The molecule has 2 rings (SSSR count). The molecule has 2 atom stereocenters. The van der Waals surface area contributed by atoms with Gasteiger partial charge in [0, 0.05) is 30.9 Å². The minimum Gasteiger partial charge on any atom is -0.496 e. The lowest BCUT2D eigenvalue weighted by molar-refractivity contribution is 0.194. The maximum Gasteiger partial charge on any atom is 0.126 e. The number of anilines is 1.